The topological polar surface area (TPSA) is 122 Å². The van der Waals surface area contributed by atoms with Crippen molar-refractivity contribution in [3.05, 3.63) is 33.9 Å². The van der Waals surface area contributed by atoms with E-state index in [0.717, 1.165) is 0 Å². The quantitative estimate of drug-likeness (QED) is 0.433. The number of hydrogen-bond donors (Lipinski definition) is 2. The maximum Gasteiger partial charge on any atom is 0.303 e. The van der Waals surface area contributed by atoms with E-state index >= 15 is 0 Å². The van der Waals surface area contributed by atoms with Crippen molar-refractivity contribution in [3.63, 3.8) is 0 Å². The van der Waals surface area contributed by atoms with Crippen LogP contribution in [0, 0.1) is 10.1 Å². The second kappa shape index (κ2) is 8.25. The molecule has 24 heavy (non-hydrogen) atoms. The molecular formula is C15H19N3O6. The number of hydrogen-bond acceptors (Lipinski definition) is 6. The molecule has 130 valence electrons. The van der Waals surface area contributed by atoms with Crippen molar-refractivity contribution in [1.82, 2.24) is 5.32 Å². The predicted octanol–water partition coefficient (Wildman–Crippen LogP) is 1.03. The fraction of sp³-hybridized carbons (Fsp3) is 0.467. The first-order valence-corrected chi connectivity index (χ1v) is 7.61. The van der Waals surface area contributed by atoms with Crippen molar-refractivity contribution in [2.75, 3.05) is 37.7 Å². The Morgan fingerprint density at radius 2 is 2.04 bits per heavy atom. The zero-order chi connectivity index (χ0) is 17.5. The number of ether oxygens (including phenoxy) is 1. The second-order valence-corrected chi connectivity index (χ2v) is 5.28. The van der Waals surface area contributed by atoms with Gasteiger partial charge < -0.3 is 20.1 Å². The Bertz CT molecular complexity index is 628. The van der Waals surface area contributed by atoms with Crippen LogP contribution in [0.4, 0.5) is 11.4 Å². The van der Waals surface area contributed by atoms with Gasteiger partial charge in [0.05, 0.1) is 23.7 Å². The molecule has 1 aliphatic rings. The van der Waals surface area contributed by atoms with Crippen molar-refractivity contribution in [2.24, 2.45) is 0 Å². The van der Waals surface area contributed by atoms with Gasteiger partial charge in [0.1, 0.15) is 5.69 Å². The first-order chi connectivity index (χ1) is 11.5. The minimum atomic E-state index is -0.936. The van der Waals surface area contributed by atoms with Crippen LogP contribution >= 0.6 is 0 Å². The SMILES string of the molecule is O=C(O)CCCNC(=O)c1cccc([N+](=O)[O-])c1N1CCOCC1. The van der Waals surface area contributed by atoms with E-state index in [4.69, 9.17) is 9.84 Å². The molecule has 1 aromatic carbocycles. The number of para-hydroxylation sites is 1. The van der Waals surface area contributed by atoms with Gasteiger partial charge in [-0.2, -0.15) is 0 Å². The van der Waals surface area contributed by atoms with Crippen molar-refractivity contribution >= 4 is 23.3 Å². The molecule has 1 fully saturated rings. The number of nitro benzene ring substituents is 1. The summed E-state index contributed by atoms with van der Waals surface area (Å²) in [5.74, 6) is -1.39. The van der Waals surface area contributed by atoms with E-state index < -0.39 is 16.8 Å². The number of carboxylic acid groups (broad SMARTS) is 1. The maximum absolute atomic E-state index is 12.4. The third-order valence-corrected chi connectivity index (χ3v) is 3.64. The molecule has 9 heteroatoms. The minimum Gasteiger partial charge on any atom is -0.481 e. The Hall–Kier alpha value is -2.68. The average molecular weight is 337 g/mol. The Labute approximate surface area is 138 Å². The zero-order valence-electron chi connectivity index (χ0n) is 13.1. The number of rotatable bonds is 7. The highest BCUT2D eigenvalue weighted by Gasteiger charge is 2.27. The fourth-order valence-electron chi connectivity index (χ4n) is 2.52. The Kier molecular flexibility index (Phi) is 6.07. The summed E-state index contributed by atoms with van der Waals surface area (Å²) in [5.41, 5.74) is 0.359. The molecule has 0 atom stereocenters. The molecular weight excluding hydrogens is 318 g/mol. The number of anilines is 1. The summed E-state index contributed by atoms with van der Waals surface area (Å²) < 4.78 is 5.26. The van der Waals surface area contributed by atoms with Gasteiger partial charge >= 0.3 is 5.97 Å². The van der Waals surface area contributed by atoms with Gasteiger partial charge in [0.15, 0.2) is 0 Å². The van der Waals surface area contributed by atoms with E-state index in [1.165, 1.54) is 18.2 Å². The number of carboxylic acids is 1. The number of carbonyl (C=O) groups is 2. The van der Waals surface area contributed by atoms with Crippen molar-refractivity contribution in [3.8, 4) is 0 Å². The largest absolute Gasteiger partial charge is 0.481 e. The predicted molar refractivity (Wildman–Crippen MR) is 85.3 cm³/mol. The van der Waals surface area contributed by atoms with Gasteiger partial charge in [0.25, 0.3) is 11.6 Å². The zero-order valence-corrected chi connectivity index (χ0v) is 13.1. The lowest BCUT2D eigenvalue weighted by Crippen LogP contribution is -2.38. The molecule has 1 aromatic rings. The molecule has 1 amide bonds. The summed E-state index contributed by atoms with van der Waals surface area (Å²) in [6.07, 6.45) is 0.244. The fourth-order valence-corrected chi connectivity index (χ4v) is 2.52. The van der Waals surface area contributed by atoms with Crippen LogP contribution in [0.2, 0.25) is 0 Å². The van der Waals surface area contributed by atoms with Gasteiger partial charge in [0.2, 0.25) is 0 Å². The number of nitrogens with zero attached hydrogens (tertiary/aromatic N) is 2. The molecule has 0 radical (unpaired) electrons. The maximum atomic E-state index is 12.4. The highest BCUT2D eigenvalue weighted by atomic mass is 16.6. The summed E-state index contributed by atoms with van der Waals surface area (Å²) in [6.45, 7) is 1.99. The van der Waals surface area contributed by atoms with Gasteiger partial charge in [-0.1, -0.05) is 6.07 Å². The van der Waals surface area contributed by atoms with Gasteiger partial charge in [-0.05, 0) is 12.5 Å². The molecule has 0 bridgehead atoms. The number of carbonyl (C=O) groups excluding carboxylic acids is 1. The lowest BCUT2D eigenvalue weighted by Gasteiger charge is -2.29. The highest BCUT2D eigenvalue weighted by molar-refractivity contribution is 6.02. The first kappa shape index (κ1) is 17.7. The summed E-state index contributed by atoms with van der Waals surface area (Å²) in [6, 6.07) is 4.37. The molecule has 9 nitrogen and oxygen atoms in total. The third kappa shape index (κ3) is 4.42. The summed E-state index contributed by atoms with van der Waals surface area (Å²) in [5, 5.41) is 22.5. The molecule has 1 aliphatic heterocycles. The molecule has 2 N–H and O–H groups in total. The van der Waals surface area contributed by atoms with E-state index in [1.807, 2.05) is 0 Å². The molecule has 0 spiro atoms. The van der Waals surface area contributed by atoms with Crippen molar-refractivity contribution < 1.29 is 24.4 Å². The standard InChI is InChI=1S/C15H19N3O6/c19-13(20)5-2-6-16-15(21)11-3-1-4-12(18(22)23)14(11)17-7-9-24-10-8-17/h1,3-4H,2,5-10H2,(H,16,21)(H,19,20). The van der Waals surface area contributed by atoms with E-state index in [9.17, 15) is 19.7 Å². The average Bonchev–Trinajstić information content (AvgIpc) is 2.58. The van der Waals surface area contributed by atoms with E-state index in [-0.39, 0.29) is 29.9 Å². The lowest BCUT2D eigenvalue weighted by molar-refractivity contribution is -0.384. The molecule has 2 rings (SSSR count). The van der Waals surface area contributed by atoms with Gasteiger partial charge in [-0.25, -0.2) is 0 Å². The van der Waals surface area contributed by atoms with Crippen LogP contribution in [-0.4, -0.2) is 54.8 Å². The summed E-state index contributed by atoms with van der Waals surface area (Å²) in [7, 11) is 0. The van der Waals surface area contributed by atoms with Crippen LogP contribution in [0.1, 0.15) is 23.2 Å². The monoisotopic (exact) mass is 337 g/mol. The number of nitro groups is 1. The number of morpholine rings is 1. The van der Waals surface area contributed by atoms with Gasteiger partial charge in [-0.15, -0.1) is 0 Å². The van der Waals surface area contributed by atoms with Gasteiger partial charge in [0, 0.05) is 32.1 Å². The summed E-state index contributed by atoms with van der Waals surface area (Å²) >= 11 is 0. The normalized spacial score (nSPS) is 14.2. The van der Waals surface area contributed by atoms with Crippen LogP contribution in [0.25, 0.3) is 0 Å². The van der Waals surface area contributed by atoms with Crippen LogP contribution in [0.15, 0.2) is 18.2 Å². The van der Waals surface area contributed by atoms with E-state index in [1.54, 1.807) is 4.90 Å². The lowest BCUT2D eigenvalue weighted by atomic mass is 10.1. The van der Waals surface area contributed by atoms with Gasteiger partial charge in [-0.3, -0.25) is 19.7 Å². The van der Waals surface area contributed by atoms with Crippen LogP contribution in [0.3, 0.4) is 0 Å². The number of amides is 1. The Morgan fingerprint density at radius 1 is 1.33 bits per heavy atom. The minimum absolute atomic E-state index is 0.0501. The molecule has 0 unspecified atom stereocenters. The van der Waals surface area contributed by atoms with Crippen LogP contribution in [0.5, 0.6) is 0 Å². The first-order valence-electron chi connectivity index (χ1n) is 7.61. The summed E-state index contributed by atoms with van der Waals surface area (Å²) in [4.78, 5) is 35.5. The second-order valence-electron chi connectivity index (χ2n) is 5.28. The Balaban J connectivity index is 2.21. The number of aliphatic carboxylic acids is 1. The Morgan fingerprint density at radius 3 is 2.67 bits per heavy atom. The highest BCUT2D eigenvalue weighted by Crippen LogP contribution is 2.32. The van der Waals surface area contributed by atoms with E-state index in [2.05, 4.69) is 5.32 Å². The van der Waals surface area contributed by atoms with Crippen molar-refractivity contribution in [2.45, 2.75) is 12.8 Å². The van der Waals surface area contributed by atoms with Crippen LogP contribution in [-0.2, 0) is 9.53 Å². The molecule has 0 aromatic heterocycles. The molecule has 0 saturated carbocycles. The third-order valence-electron chi connectivity index (χ3n) is 3.64. The smallest absolute Gasteiger partial charge is 0.303 e. The number of nitrogens with one attached hydrogen (secondary N) is 1. The van der Waals surface area contributed by atoms with Crippen LogP contribution < -0.4 is 10.2 Å². The molecule has 0 aliphatic carbocycles. The van der Waals surface area contributed by atoms with Crippen molar-refractivity contribution in [1.29, 1.82) is 0 Å². The molecule has 1 heterocycles. The number of benzene rings is 1. The molecule has 1 saturated heterocycles. The van der Waals surface area contributed by atoms with E-state index in [0.29, 0.717) is 32.7 Å².